The number of carbonyl (C=O) groups is 2. The molecule has 2 aliphatic rings. The molecule has 1 amide bonds. The molecule has 1 N–H and O–H groups in total. The monoisotopic (exact) mass is 169 g/mol. The summed E-state index contributed by atoms with van der Waals surface area (Å²) in [4.78, 5) is 23.3. The first-order valence-electron chi connectivity index (χ1n) is 4.05. The maximum atomic E-state index is 10.9. The van der Waals surface area contributed by atoms with E-state index in [-0.39, 0.29) is 11.8 Å². The minimum absolute atomic E-state index is 0.0113. The molecule has 0 spiro atoms. The molecule has 2 fully saturated rings. The maximum Gasteiger partial charge on any atom is 0.311 e. The Balaban J connectivity index is 2.10. The van der Waals surface area contributed by atoms with E-state index < -0.39 is 11.4 Å². The van der Waals surface area contributed by atoms with Gasteiger partial charge in [-0.3, -0.25) is 9.59 Å². The molecular weight excluding hydrogens is 158 g/mol. The second-order valence-corrected chi connectivity index (χ2v) is 3.76. The smallest absolute Gasteiger partial charge is 0.311 e. The van der Waals surface area contributed by atoms with E-state index in [1.165, 1.54) is 6.92 Å². The molecule has 1 saturated heterocycles. The molecule has 2 rings (SSSR count). The normalized spacial score (nSPS) is 37.8. The van der Waals surface area contributed by atoms with Crippen molar-refractivity contribution < 1.29 is 14.7 Å². The molecule has 4 nitrogen and oxygen atoms in total. The molecule has 4 heteroatoms. The van der Waals surface area contributed by atoms with Gasteiger partial charge in [-0.1, -0.05) is 0 Å². The largest absolute Gasteiger partial charge is 0.481 e. The molecule has 0 aromatic rings. The van der Waals surface area contributed by atoms with Crippen molar-refractivity contribution in [2.75, 3.05) is 13.1 Å². The Morgan fingerprint density at radius 1 is 1.58 bits per heavy atom. The SMILES string of the molecule is CC(=O)N1C[C@H]2C[C@]2(C(=O)O)C1. The van der Waals surface area contributed by atoms with Gasteiger partial charge in [-0.05, 0) is 12.3 Å². The van der Waals surface area contributed by atoms with Crippen LogP contribution in [0.2, 0.25) is 0 Å². The minimum atomic E-state index is -0.740. The van der Waals surface area contributed by atoms with E-state index in [0.29, 0.717) is 13.1 Å². The van der Waals surface area contributed by atoms with Crippen molar-refractivity contribution in [2.24, 2.45) is 11.3 Å². The van der Waals surface area contributed by atoms with Gasteiger partial charge in [0.15, 0.2) is 0 Å². The molecule has 2 atom stereocenters. The maximum absolute atomic E-state index is 10.9. The van der Waals surface area contributed by atoms with Gasteiger partial charge in [0.05, 0.1) is 5.41 Å². The summed E-state index contributed by atoms with van der Waals surface area (Å²) in [6.45, 7) is 2.55. The van der Waals surface area contributed by atoms with Gasteiger partial charge in [0.1, 0.15) is 0 Å². The van der Waals surface area contributed by atoms with Crippen LogP contribution in [0.25, 0.3) is 0 Å². The van der Waals surface area contributed by atoms with E-state index in [1.807, 2.05) is 0 Å². The number of carboxylic acid groups (broad SMARTS) is 1. The van der Waals surface area contributed by atoms with Crippen LogP contribution >= 0.6 is 0 Å². The number of piperidine rings is 1. The number of nitrogens with zero attached hydrogens (tertiary/aromatic N) is 1. The Labute approximate surface area is 70.2 Å². The predicted octanol–water partition coefficient (Wildman–Crippen LogP) is -0.0606. The van der Waals surface area contributed by atoms with Crippen molar-refractivity contribution in [3.8, 4) is 0 Å². The van der Waals surface area contributed by atoms with Gasteiger partial charge in [0.2, 0.25) is 5.91 Å². The molecule has 1 heterocycles. The first-order valence-corrected chi connectivity index (χ1v) is 4.05. The van der Waals surface area contributed by atoms with Crippen LogP contribution in [-0.4, -0.2) is 35.0 Å². The Bertz CT molecular complexity index is 263. The number of rotatable bonds is 1. The number of likely N-dealkylation sites (tertiary alicyclic amines) is 1. The lowest BCUT2D eigenvalue weighted by Crippen LogP contribution is -2.31. The molecule has 12 heavy (non-hydrogen) atoms. The lowest BCUT2D eigenvalue weighted by Gasteiger charge is -2.16. The van der Waals surface area contributed by atoms with E-state index in [0.717, 1.165) is 6.42 Å². The average molecular weight is 169 g/mol. The molecular formula is C8H11NO3. The second kappa shape index (κ2) is 2.00. The Morgan fingerprint density at radius 3 is 2.58 bits per heavy atom. The van der Waals surface area contributed by atoms with Gasteiger partial charge in [0, 0.05) is 20.0 Å². The van der Waals surface area contributed by atoms with Crippen LogP contribution in [0, 0.1) is 11.3 Å². The highest BCUT2D eigenvalue weighted by atomic mass is 16.4. The van der Waals surface area contributed by atoms with Crippen LogP contribution in [0.15, 0.2) is 0 Å². The first-order chi connectivity index (χ1) is 5.56. The van der Waals surface area contributed by atoms with Crippen molar-refractivity contribution in [3.63, 3.8) is 0 Å². The number of aliphatic carboxylic acids is 1. The van der Waals surface area contributed by atoms with Crippen molar-refractivity contribution in [1.82, 2.24) is 4.90 Å². The van der Waals surface area contributed by atoms with E-state index in [9.17, 15) is 9.59 Å². The second-order valence-electron chi connectivity index (χ2n) is 3.76. The van der Waals surface area contributed by atoms with Crippen molar-refractivity contribution >= 4 is 11.9 Å². The molecule has 66 valence electrons. The zero-order valence-electron chi connectivity index (χ0n) is 6.91. The van der Waals surface area contributed by atoms with Gasteiger partial charge in [0.25, 0.3) is 0 Å². The molecule has 0 unspecified atom stereocenters. The Hall–Kier alpha value is -1.06. The fraction of sp³-hybridized carbons (Fsp3) is 0.750. The molecule has 1 aliphatic carbocycles. The fourth-order valence-electron chi connectivity index (χ4n) is 2.05. The van der Waals surface area contributed by atoms with E-state index in [4.69, 9.17) is 5.11 Å². The standard InChI is InChI=1S/C8H11NO3/c1-5(10)9-3-6-2-8(6,4-9)7(11)12/h6H,2-4H2,1H3,(H,11,12)/t6-,8+/m1/s1. The Morgan fingerprint density at radius 2 is 2.25 bits per heavy atom. The minimum Gasteiger partial charge on any atom is -0.481 e. The third-order valence-corrected chi connectivity index (χ3v) is 3.02. The van der Waals surface area contributed by atoms with Crippen LogP contribution in [-0.2, 0) is 9.59 Å². The van der Waals surface area contributed by atoms with E-state index >= 15 is 0 Å². The molecule has 1 aliphatic heterocycles. The van der Waals surface area contributed by atoms with Crippen LogP contribution in [0.4, 0.5) is 0 Å². The lowest BCUT2D eigenvalue weighted by molar-refractivity contribution is -0.143. The summed E-state index contributed by atoms with van der Waals surface area (Å²) in [7, 11) is 0. The summed E-state index contributed by atoms with van der Waals surface area (Å²) in [6.07, 6.45) is 0.756. The van der Waals surface area contributed by atoms with Gasteiger partial charge >= 0.3 is 5.97 Å². The summed E-state index contributed by atoms with van der Waals surface area (Å²) >= 11 is 0. The van der Waals surface area contributed by atoms with E-state index in [2.05, 4.69) is 0 Å². The number of amides is 1. The quantitative estimate of drug-likeness (QED) is 0.598. The van der Waals surface area contributed by atoms with Gasteiger partial charge in [-0.25, -0.2) is 0 Å². The first kappa shape index (κ1) is 7.58. The Kier molecular flexibility index (Phi) is 1.26. The zero-order valence-corrected chi connectivity index (χ0v) is 6.91. The van der Waals surface area contributed by atoms with Crippen LogP contribution in [0.1, 0.15) is 13.3 Å². The zero-order chi connectivity index (χ0) is 8.93. The van der Waals surface area contributed by atoms with Crippen molar-refractivity contribution in [3.05, 3.63) is 0 Å². The predicted molar refractivity (Wildman–Crippen MR) is 40.4 cm³/mol. The third kappa shape index (κ3) is 0.777. The summed E-state index contributed by atoms with van der Waals surface area (Å²) < 4.78 is 0. The summed E-state index contributed by atoms with van der Waals surface area (Å²) in [5.41, 5.74) is -0.564. The number of hydrogen-bond donors (Lipinski definition) is 1. The van der Waals surface area contributed by atoms with Crippen LogP contribution in [0.5, 0.6) is 0 Å². The van der Waals surface area contributed by atoms with E-state index in [1.54, 1.807) is 4.90 Å². The van der Waals surface area contributed by atoms with Gasteiger partial charge < -0.3 is 10.0 Å². The molecule has 0 aromatic heterocycles. The molecule has 0 radical (unpaired) electrons. The van der Waals surface area contributed by atoms with Crippen LogP contribution in [0.3, 0.4) is 0 Å². The summed E-state index contributed by atoms with van der Waals surface area (Å²) in [5, 5.41) is 8.88. The topological polar surface area (TPSA) is 57.6 Å². The number of carboxylic acids is 1. The number of carbonyl (C=O) groups excluding carboxylic acids is 1. The molecule has 1 saturated carbocycles. The number of hydrogen-bond acceptors (Lipinski definition) is 2. The summed E-state index contributed by atoms with van der Waals surface area (Å²) in [6, 6.07) is 0. The average Bonchev–Trinajstić information content (AvgIpc) is 2.55. The highest BCUT2D eigenvalue weighted by molar-refractivity contribution is 5.82. The van der Waals surface area contributed by atoms with Crippen molar-refractivity contribution in [2.45, 2.75) is 13.3 Å². The molecule has 0 aromatic carbocycles. The van der Waals surface area contributed by atoms with Crippen molar-refractivity contribution in [1.29, 1.82) is 0 Å². The van der Waals surface area contributed by atoms with Gasteiger partial charge in [-0.15, -0.1) is 0 Å². The lowest BCUT2D eigenvalue weighted by atomic mass is 10.1. The highest BCUT2D eigenvalue weighted by Gasteiger charge is 2.65. The van der Waals surface area contributed by atoms with Crippen LogP contribution < -0.4 is 0 Å². The van der Waals surface area contributed by atoms with Gasteiger partial charge in [-0.2, -0.15) is 0 Å². The number of fused-ring (bicyclic) bond motifs is 1. The fourth-order valence-corrected chi connectivity index (χ4v) is 2.05. The highest BCUT2D eigenvalue weighted by Crippen LogP contribution is 2.57. The summed E-state index contributed by atoms with van der Waals surface area (Å²) in [5.74, 6) is -0.530. The molecule has 0 bridgehead atoms. The third-order valence-electron chi connectivity index (χ3n) is 3.02.